The second kappa shape index (κ2) is 8.70. The number of ether oxygens (including phenoxy) is 1. The Hall–Kier alpha value is -2.84. The lowest BCUT2D eigenvalue weighted by molar-refractivity contribution is 0.188. The van der Waals surface area contributed by atoms with Crippen LogP contribution in [-0.4, -0.2) is 33.4 Å². The Balaban J connectivity index is 1.93. The van der Waals surface area contributed by atoms with Gasteiger partial charge in [0.2, 0.25) is 5.95 Å². The lowest BCUT2D eigenvalue weighted by atomic mass is 10.1. The highest BCUT2D eigenvalue weighted by molar-refractivity contribution is 5.87. The molecular weight excluding hydrogens is 346 g/mol. The van der Waals surface area contributed by atoms with Crippen LogP contribution in [0.4, 0.5) is 11.8 Å². The van der Waals surface area contributed by atoms with Gasteiger partial charge in [0, 0.05) is 11.8 Å². The van der Waals surface area contributed by atoms with Gasteiger partial charge in [0.05, 0.1) is 32.4 Å². The largest absolute Gasteiger partial charge is 0.496 e. The molecule has 0 aliphatic carbocycles. The van der Waals surface area contributed by atoms with Crippen molar-refractivity contribution in [3.63, 3.8) is 0 Å². The Morgan fingerprint density at radius 1 is 1.26 bits per heavy atom. The van der Waals surface area contributed by atoms with E-state index in [-0.39, 0.29) is 12.6 Å². The van der Waals surface area contributed by atoms with Crippen LogP contribution in [0.5, 0.6) is 5.75 Å². The third kappa shape index (κ3) is 4.29. The number of aliphatic hydroxyl groups excluding tert-OH is 1. The molecule has 8 nitrogen and oxygen atoms in total. The SMILES string of the molecule is CCCCONc1nc(N)nc2ccn(Cc3ccc(CO)cc3OC)c12. The topological polar surface area (TPSA) is 107 Å². The van der Waals surface area contributed by atoms with Crippen LogP contribution in [-0.2, 0) is 18.0 Å². The molecule has 3 rings (SSSR count). The third-order valence-corrected chi connectivity index (χ3v) is 4.27. The lowest BCUT2D eigenvalue weighted by Gasteiger charge is -2.14. The van der Waals surface area contributed by atoms with E-state index in [1.165, 1.54) is 0 Å². The van der Waals surface area contributed by atoms with E-state index in [0.29, 0.717) is 24.7 Å². The normalized spacial score (nSPS) is 11.1. The monoisotopic (exact) mass is 371 g/mol. The van der Waals surface area contributed by atoms with E-state index in [1.54, 1.807) is 7.11 Å². The molecule has 27 heavy (non-hydrogen) atoms. The van der Waals surface area contributed by atoms with Gasteiger partial charge in [0.1, 0.15) is 11.3 Å². The van der Waals surface area contributed by atoms with E-state index in [2.05, 4.69) is 22.4 Å². The maximum absolute atomic E-state index is 9.32. The Morgan fingerprint density at radius 3 is 2.85 bits per heavy atom. The molecule has 1 aromatic carbocycles. The summed E-state index contributed by atoms with van der Waals surface area (Å²) in [6.45, 7) is 3.21. The fourth-order valence-corrected chi connectivity index (χ4v) is 2.86. The number of nitrogens with one attached hydrogen (secondary N) is 1. The number of benzene rings is 1. The lowest BCUT2D eigenvalue weighted by Crippen LogP contribution is -2.10. The first kappa shape index (κ1) is 18.9. The van der Waals surface area contributed by atoms with Gasteiger partial charge in [-0.25, -0.2) is 10.5 Å². The molecule has 4 N–H and O–H groups in total. The number of fused-ring (bicyclic) bond motifs is 1. The highest BCUT2D eigenvalue weighted by Gasteiger charge is 2.14. The van der Waals surface area contributed by atoms with Gasteiger partial charge in [-0.15, -0.1) is 0 Å². The first-order chi connectivity index (χ1) is 13.2. The van der Waals surface area contributed by atoms with E-state index in [9.17, 15) is 5.11 Å². The van der Waals surface area contributed by atoms with Gasteiger partial charge in [0.25, 0.3) is 0 Å². The smallest absolute Gasteiger partial charge is 0.222 e. The zero-order valence-electron chi connectivity index (χ0n) is 15.6. The van der Waals surface area contributed by atoms with Crippen LogP contribution in [0.3, 0.4) is 0 Å². The average molecular weight is 371 g/mol. The quantitative estimate of drug-likeness (QED) is 0.392. The minimum absolute atomic E-state index is 0.0284. The predicted molar refractivity (Wildman–Crippen MR) is 104 cm³/mol. The molecule has 0 atom stereocenters. The summed E-state index contributed by atoms with van der Waals surface area (Å²) in [6, 6.07) is 7.55. The van der Waals surface area contributed by atoms with Crippen LogP contribution in [0, 0.1) is 0 Å². The minimum Gasteiger partial charge on any atom is -0.496 e. The van der Waals surface area contributed by atoms with Crippen molar-refractivity contribution in [1.82, 2.24) is 14.5 Å². The Labute approximate surface area is 157 Å². The van der Waals surface area contributed by atoms with E-state index >= 15 is 0 Å². The van der Waals surface area contributed by atoms with Crippen molar-refractivity contribution >= 4 is 22.8 Å². The molecule has 0 amide bonds. The third-order valence-electron chi connectivity index (χ3n) is 4.27. The molecular formula is C19H25N5O3. The first-order valence-corrected chi connectivity index (χ1v) is 8.93. The molecule has 3 aromatic rings. The van der Waals surface area contributed by atoms with E-state index in [1.807, 2.05) is 35.0 Å². The molecule has 0 radical (unpaired) electrons. The molecule has 0 saturated heterocycles. The summed E-state index contributed by atoms with van der Waals surface area (Å²) in [5.41, 5.74) is 12.0. The number of methoxy groups -OCH3 is 1. The van der Waals surface area contributed by atoms with Gasteiger partial charge in [-0.05, 0) is 24.1 Å². The Kier molecular flexibility index (Phi) is 6.10. The number of nitrogens with two attached hydrogens (primary N) is 1. The maximum Gasteiger partial charge on any atom is 0.222 e. The fourth-order valence-electron chi connectivity index (χ4n) is 2.86. The molecule has 0 aliphatic rings. The van der Waals surface area contributed by atoms with Gasteiger partial charge in [-0.1, -0.05) is 25.5 Å². The molecule has 0 aliphatic heterocycles. The number of aromatic nitrogens is 3. The molecule has 0 bridgehead atoms. The molecule has 2 aromatic heterocycles. The number of anilines is 2. The number of hydrogen-bond acceptors (Lipinski definition) is 7. The van der Waals surface area contributed by atoms with Gasteiger partial charge < -0.3 is 20.1 Å². The fraction of sp³-hybridized carbons (Fsp3) is 0.368. The van der Waals surface area contributed by atoms with Crippen molar-refractivity contribution in [1.29, 1.82) is 0 Å². The molecule has 144 valence electrons. The van der Waals surface area contributed by atoms with Crippen molar-refractivity contribution in [2.24, 2.45) is 0 Å². The summed E-state index contributed by atoms with van der Waals surface area (Å²) in [5.74, 6) is 1.43. The molecule has 8 heteroatoms. The molecule has 0 spiro atoms. The van der Waals surface area contributed by atoms with E-state index in [0.717, 1.165) is 35.0 Å². The Bertz CT molecular complexity index is 910. The average Bonchev–Trinajstić information content (AvgIpc) is 3.08. The van der Waals surface area contributed by atoms with Crippen LogP contribution >= 0.6 is 0 Å². The zero-order chi connectivity index (χ0) is 19.2. The van der Waals surface area contributed by atoms with Gasteiger partial charge >= 0.3 is 0 Å². The summed E-state index contributed by atoms with van der Waals surface area (Å²) in [6.07, 6.45) is 3.92. The number of aliphatic hydroxyl groups is 1. The van der Waals surface area contributed by atoms with Crippen LogP contribution in [0.25, 0.3) is 11.0 Å². The minimum atomic E-state index is -0.0284. The van der Waals surface area contributed by atoms with Crippen molar-refractivity contribution in [2.75, 3.05) is 24.9 Å². The Morgan fingerprint density at radius 2 is 2.11 bits per heavy atom. The van der Waals surface area contributed by atoms with Crippen molar-refractivity contribution in [3.8, 4) is 5.75 Å². The van der Waals surface area contributed by atoms with Crippen molar-refractivity contribution < 1.29 is 14.7 Å². The molecule has 0 unspecified atom stereocenters. The molecule has 0 saturated carbocycles. The zero-order valence-corrected chi connectivity index (χ0v) is 15.6. The molecule has 0 fully saturated rings. The van der Waals surface area contributed by atoms with E-state index < -0.39 is 0 Å². The van der Waals surface area contributed by atoms with Crippen LogP contribution < -0.4 is 16.0 Å². The summed E-state index contributed by atoms with van der Waals surface area (Å²) < 4.78 is 7.48. The summed E-state index contributed by atoms with van der Waals surface area (Å²) in [5, 5.41) is 9.32. The number of nitrogens with zero attached hydrogens (tertiary/aromatic N) is 3. The number of rotatable bonds is 9. The van der Waals surface area contributed by atoms with E-state index in [4.69, 9.17) is 15.3 Å². The number of hydrogen-bond donors (Lipinski definition) is 3. The standard InChI is InChI=1S/C19H25N5O3/c1-3-4-9-27-23-18-17-15(21-19(20)22-18)7-8-24(17)11-14-6-5-13(12-25)10-16(14)26-2/h5-8,10,25H,3-4,9,11-12H2,1-2H3,(H3,20,21,22,23). The summed E-state index contributed by atoms with van der Waals surface area (Å²) in [4.78, 5) is 14.1. The van der Waals surface area contributed by atoms with Gasteiger partial charge in [0.15, 0.2) is 5.82 Å². The second-order valence-electron chi connectivity index (χ2n) is 6.22. The second-order valence-corrected chi connectivity index (χ2v) is 6.22. The van der Waals surface area contributed by atoms with Crippen LogP contribution in [0.2, 0.25) is 0 Å². The van der Waals surface area contributed by atoms with Gasteiger partial charge in [-0.3, -0.25) is 4.84 Å². The molecule has 2 heterocycles. The summed E-state index contributed by atoms with van der Waals surface area (Å²) in [7, 11) is 1.62. The number of nitrogen functional groups attached to an aromatic ring is 1. The first-order valence-electron chi connectivity index (χ1n) is 8.93. The highest BCUT2D eigenvalue weighted by Crippen LogP contribution is 2.27. The maximum atomic E-state index is 9.32. The van der Waals surface area contributed by atoms with Gasteiger partial charge in [-0.2, -0.15) is 4.98 Å². The van der Waals surface area contributed by atoms with Crippen LogP contribution in [0.1, 0.15) is 30.9 Å². The summed E-state index contributed by atoms with van der Waals surface area (Å²) >= 11 is 0. The predicted octanol–water partition coefficient (Wildman–Crippen LogP) is 2.71. The number of unbranched alkanes of at least 4 members (excludes halogenated alkanes) is 1. The highest BCUT2D eigenvalue weighted by atomic mass is 16.6. The van der Waals surface area contributed by atoms with Crippen molar-refractivity contribution in [2.45, 2.75) is 32.9 Å². The van der Waals surface area contributed by atoms with Crippen molar-refractivity contribution in [3.05, 3.63) is 41.6 Å². The van der Waals surface area contributed by atoms with Crippen LogP contribution in [0.15, 0.2) is 30.5 Å².